The van der Waals surface area contributed by atoms with Crippen molar-refractivity contribution in [3.05, 3.63) is 89.5 Å². The van der Waals surface area contributed by atoms with E-state index in [1.54, 1.807) is 6.07 Å². The molecule has 1 atom stereocenters. The number of carbonyl (C=O) groups excluding carboxylic acids is 1. The van der Waals surface area contributed by atoms with Gasteiger partial charge in [0.05, 0.1) is 36.8 Å². The zero-order valence-corrected chi connectivity index (χ0v) is 19.0. The highest BCUT2D eigenvalue weighted by molar-refractivity contribution is 7.89. The van der Waals surface area contributed by atoms with Gasteiger partial charge in [-0.1, -0.05) is 42.5 Å². The summed E-state index contributed by atoms with van der Waals surface area (Å²) in [7, 11) is -2.70. The maximum Gasteiger partial charge on any atom is 0.337 e. The Morgan fingerprint density at radius 1 is 0.970 bits per heavy atom. The van der Waals surface area contributed by atoms with Crippen molar-refractivity contribution >= 4 is 16.0 Å². The number of nitrogens with one attached hydrogen (secondary N) is 1. The van der Waals surface area contributed by atoms with Crippen molar-refractivity contribution in [2.75, 3.05) is 20.3 Å². The van der Waals surface area contributed by atoms with Gasteiger partial charge in [0.2, 0.25) is 10.0 Å². The number of benzene rings is 3. The van der Waals surface area contributed by atoms with Crippen molar-refractivity contribution in [1.29, 1.82) is 0 Å². The SMILES string of the molecule is COC(=O)c1cccc(S(=O)(=O)NC(Cc2ccccc2)c2ccc3c(c2)OCCCO3)c1. The Labute approximate surface area is 193 Å². The van der Waals surface area contributed by atoms with Crippen LogP contribution in [0.5, 0.6) is 11.5 Å². The first-order valence-electron chi connectivity index (χ1n) is 10.6. The van der Waals surface area contributed by atoms with Crippen LogP contribution < -0.4 is 14.2 Å². The van der Waals surface area contributed by atoms with Crippen LogP contribution in [0.4, 0.5) is 0 Å². The van der Waals surface area contributed by atoms with Gasteiger partial charge < -0.3 is 14.2 Å². The first kappa shape index (κ1) is 22.8. The Morgan fingerprint density at radius 2 is 1.73 bits per heavy atom. The maximum atomic E-state index is 13.3. The Morgan fingerprint density at radius 3 is 2.48 bits per heavy atom. The molecule has 3 aromatic rings. The summed E-state index contributed by atoms with van der Waals surface area (Å²) >= 11 is 0. The summed E-state index contributed by atoms with van der Waals surface area (Å²) in [5, 5.41) is 0. The summed E-state index contributed by atoms with van der Waals surface area (Å²) in [4.78, 5) is 11.9. The first-order chi connectivity index (χ1) is 16.0. The third-order valence-corrected chi connectivity index (χ3v) is 6.79. The molecule has 0 fully saturated rings. The summed E-state index contributed by atoms with van der Waals surface area (Å²) < 4.78 is 45.6. The molecule has 0 aliphatic carbocycles. The number of methoxy groups -OCH3 is 1. The number of hydrogen-bond acceptors (Lipinski definition) is 6. The molecule has 0 saturated carbocycles. The monoisotopic (exact) mass is 467 g/mol. The molecular weight excluding hydrogens is 442 g/mol. The van der Waals surface area contributed by atoms with Crippen LogP contribution in [0.15, 0.2) is 77.7 Å². The number of hydrogen-bond donors (Lipinski definition) is 1. The number of fused-ring (bicyclic) bond motifs is 1. The van der Waals surface area contributed by atoms with E-state index in [2.05, 4.69) is 4.72 Å². The van der Waals surface area contributed by atoms with Gasteiger partial charge in [0.1, 0.15) is 0 Å². The highest BCUT2D eigenvalue weighted by Crippen LogP contribution is 2.33. The fourth-order valence-corrected chi connectivity index (χ4v) is 4.91. The first-order valence-corrected chi connectivity index (χ1v) is 12.1. The van der Waals surface area contributed by atoms with Crippen molar-refractivity contribution in [2.45, 2.75) is 23.8 Å². The van der Waals surface area contributed by atoms with Crippen molar-refractivity contribution in [2.24, 2.45) is 0 Å². The van der Waals surface area contributed by atoms with E-state index in [0.717, 1.165) is 17.5 Å². The summed E-state index contributed by atoms with van der Waals surface area (Å²) in [5.41, 5.74) is 1.88. The second-order valence-corrected chi connectivity index (χ2v) is 9.35. The Bertz CT molecular complexity index is 1230. The van der Waals surface area contributed by atoms with Crippen LogP contribution in [-0.4, -0.2) is 34.7 Å². The maximum absolute atomic E-state index is 13.3. The third-order valence-electron chi connectivity index (χ3n) is 5.32. The van der Waals surface area contributed by atoms with Crippen molar-refractivity contribution < 1.29 is 27.4 Å². The van der Waals surface area contributed by atoms with Crippen LogP contribution in [0.25, 0.3) is 0 Å². The van der Waals surface area contributed by atoms with E-state index >= 15 is 0 Å². The van der Waals surface area contributed by atoms with Gasteiger partial charge in [0.15, 0.2) is 11.5 Å². The highest BCUT2D eigenvalue weighted by atomic mass is 32.2. The fraction of sp³-hybridized carbons (Fsp3) is 0.240. The summed E-state index contributed by atoms with van der Waals surface area (Å²) in [6.07, 6.45) is 1.21. The molecule has 1 heterocycles. The second kappa shape index (κ2) is 10.1. The van der Waals surface area contributed by atoms with Crippen LogP contribution in [0.1, 0.15) is 33.9 Å². The van der Waals surface area contributed by atoms with Crippen LogP contribution >= 0.6 is 0 Å². The van der Waals surface area contributed by atoms with Gasteiger partial charge in [-0.05, 0) is 47.9 Å². The van der Waals surface area contributed by atoms with Crippen molar-refractivity contribution in [3.8, 4) is 11.5 Å². The Hall–Kier alpha value is -3.36. The Kier molecular flexibility index (Phi) is 6.96. The van der Waals surface area contributed by atoms with Gasteiger partial charge in [-0.2, -0.15) is 0 Å². The number of esters is 1. The number of carbonyl (C=O) groups is 1. The van der Waals surface area contributed by atoms with E-state index in [9.17, 15) is 13.2 Å². The summed E-state index contributed by atoms with van der Waals surface area (Å²) in [6, 6.07) is 20.3. The molecule has 0 bridgehead atoms. The molecule has 0 spiro atoms. The second-order valence-electron chi connectivity index (χ2n) is 7.64. The molecule has 7 nitrogen and oxygen atoms in total. The number of rotatable bonds is 7. The van der Waals surface area contributed by atoms with Gasteiger partial charge in [0.25, 0.3) is 0 Å². The minimum Gasteiger partial charge on any atom is -0.490 e. The molecule has 1 aliphatic heterocycles. The zero-order chi connectivity index (χ0) is 23.3. The van der Waals surface area contributed by atoms with Gasteiger partial charge >= 0.3 is 5.97 Å². The van der Waals surface area contributed by atoms with E-state index in [4.69, 9.17) is 14.2 Å². The third kappa shape index (κ3) is 5.53. The lowest BCUT2D eigenvalue weighted by Gasteiger charge is -2.21. The topological polar surface area (TPSA) is 90.9 Å². The molecule has 0 radical (unpaired) electrons. The van der Waals surface area contributed by atoms with Gasteiger partial charge in [-0.15, -0.1) is 0 Å². The fourth-order valence-electron chi connectivity index (χ4n) is 3.64. The molecule has 8 heteroatoms. The molecule has 3 aromatic carbocycles. The smallest absolute Gasteiger partial charge is 0.337 e. The highest BCUT2D eigenvalue weighted by Gasteiger charge is 2.24. The van der Waals surface area contributed by atoms with E-state index in [1.165, 1.54) is 31.4 Å². The summed E-state index contributed by atoms with van der Waals surface area (Å²) in [6.45, 7) is 1.11. The molecule has 1 aliphatic rings. The van der Waals surface area contributed by atoms with Gasteiger partial charge in [0, 0.05) is 6.42 Å². The average molecular weight is 468 g/mol. The quantitative estimate of drug-likeness (QED) is 0.530. The van der Waals surface area contributed by atoms with Crippen LogP contribution in [0.2, 0.25) is 0 Å². The lowest BCUT2D eigenvalue weighted by Crippen LogP contribution is -2.30. The normalized spacial score (nSPS) is 14.2. The molecule has 4 rings (SSSR count). The molecule has 33 heavy (non-hydrogen) atoms. The standard InChI is InChI=1S/C25H25NO6S/c1-30-25(27)20-9-5-10-21(16-20)33(28,29)26-22(15-18-7-3-2-4-8-18)19-11-12-23-24(17-19)32-14-6-13-31-23/h2-5,7-12,16-17,22,26H,6,13-15H2,1H3. The van der Waals surface area contributed by atoms with Gasteiger partial charge in [-0.3, -0.25) is 0 Å². The van der Waals surface area contributed by atoms with E-state index < -0.39 is 22.0 Å². The minimum atomic E-state index is -3.95. The number of ether oxygens (including phenoxy) is 3. The largest absolute Gasteiger partial charge is 0.490 e. The van der Waals surface area contributed by atoms with E-state index in [-0.39, 0.29) is 10.5 Å². The lowest BCUT2D eigenvalue weighted by atomic mass is 9.99. The Balaban J connectivity index is 1.68. The molecule has 1 unspecified atom stereocenters. The predicted octanol–water partition coefficient (Wildman–Crippen LogP) is 3.90. The zero-order valence-electron chi connectivity index (χ0n) is 18.2. The molecule has 172 valence electrons. The predicted molar refractivity (Wildman–Crippen MR) is 123 cm³/mol. The van der Waals surface area contributed by atoms with Crippen LogP contribution in [0.3, 0.4) is 0 Å². The number of sulfonamides is 1. The van der Waals surface area contributed by atoms with Crippen LogP contribution in [-0.2, 0) is 21.2 Å². The minimum absolute atomic E-state index is 0.0159. The average Bonchev–Trinajstić information content (AvgIpc) is 3.08. The molecular formula is C25H25NO6S. The molecule has 0 saturated heterocycles. The van der Waals surface area contributed by atoms with Crippen molar-refractivity contribution in [3.63, 3.8) is 0 Å². The van der Waals surface area contributed by atoms with Crippen LogP contribution in [0, 0.1) is 0 Å². The molecule has 0 aromatic heterocycles. The molecule has 0 amide bonds. The van der Waals surface area contributed by atoms with E-state index in [0.29, 0.717) is 31.1 Å². The van der Waals surface area contributed by atoms with Gasteiger partial charge in [-0.25, -0.2) is 17.9 Å². The van der Waals surface area contributed by atoms with E-state index in [1.807, 2.05) is 42.5 Å². The molecule has 1 N–H and O–H groups in total. The lowest BCUT2D eigenvalue weighted by molar-refractivity contribution is 0.0600. The summed E-state index contributed by atoms with van der Waals surface area (Å²) in [5.74, 6) is 0.633. The van der Waals surface area contributed by atoms with Crippen molar-refractivity contribution in [1.82, 2.24) is 4.72 Å².